The van der Waals surface area contributed by atoms with E-state index in [9.17, 15) is 9.18 Å². The molecule has 2 aromatic rings. The molecule has 0 spiro atoms. The second-order valence-corrected chi connectivity index (χ2v) is 3.90. The molecule has 0 atom stereocenters. The average Bonchev–Trinajstić information content (AvgIpc) is 2.60. The Morgan fingerprint density at radius 3 is 2.72 bits per heavy atom. The lowest BCUT2D eigenvalue weighted by Gasteiger charge is -2.05. The van der Waals surface area contributed by atoms with Crippen LogP contribution < -0.4 is 5.73 Å². The van der Waals surface area contributed by atoms with Crippen LogP contribution in [0.25, 0.3) is 0 Å². The third-order valence-electron chi connectivity index (χ3n) is 2.73. The number of carboxylic acid groups (broad SMARTS) is 1. The molecule has 0 aliphatic heterocycles. The third kappa shape index (κ3) is 2.04. The van der Waals surface area contributed by atoms with Gasteiger partial charge in [0.1, 0.15) is 5.82 Å². The highest BCUT2D eigenvalue weighted by atomic mass is 19.1. The van der Waals surface area contributed by atoms with E-state index >= 15 is 0 Å². The smallest absolute Gasteiger partial charge is 0.358 e. The molecule has 0 aliphatic rings. The number of rotatable bonds is 3. The van der Waals surface area contributed by atoms with Crippen LogP contribution in [0.1, 0.15) is 21.7 Å². The summed E-state index contributed by atoms with van der Waals surface area (Å²) in [7, 11) is 0. The number of aromatic carboxylic acids is 1. The van der Waals surface area contributed by atoms with Gasteiger partial charge in [0.2, 0.25) is 0 Å². The number of hydrogen-bond donors (Lipinski definition) is 2. The van der Waals surface area contributed by atoms with E-state index in [1.54, 1.807) is 25.1 Å². The molecule has 1 aromatic heterocycles. The summed E-state index contributed by atoms with van der Waals surface area (Å²) in [6.45, 7) is 1.80. The van der Waals surface area contributed by atoms with E-state index in [1.165, 1.54) is 10.7 Å². The number of nitrogens with zero attached hydrogens (tertiary/aromatic N) is 2. The van der Waals surface area contributed by atoms with Crippen LogP contribution in [0.5, 0.6) is 0 Å². The number of hydrogen-bond acceptors (Lipinski definition) is 3. The predicted molar refractivity (Wildman–Crippen MR) is 63.8 cm³/mol. The standard InChI is InChI=1S/C12H12FN3O2/c1-7-10(14)11(12(17)18)15-16(7)6-8-4-2-3-5-9(8)13/h2-5H,6,14H2,1H3,(H,17,18). The van der Waals surface area contributed by atoms with Gasteiger partial charge in [-0.15, -0.1) is 0 Å². The molecule has 0 aliphatic carbocycles. The lowest BCUT2D eigenvalue weighted by Crippen LogP contribution is -2.07. The molecule has 0 bridgehead atoms. The number of nitrogens with two attached hydrogens (primary N) is 1. The van der Waals surface area contributed by atoms with Gasteiger partial charge >= 0.3 is 5.97 Å². The molecule has 0 radical (unpaired) electrons. The Balaban J connectivity index is 2.39. The number of carbonyl (C=O) groups is 1. The van der Waals surface area contributed by atoms with E-state index in [-0.39, 0.29) is 23.7 Å². The van der Waals surface area contributed by atoms with Gasteiger partial charge in [-0.2, -0.15) is 5.10 Å². The molecule has 3 N–H and O–H groups in total. The topological polar surface area (TPSA) is 81.1 Å². The molecule has 1 aromatic carbocycles. The Kier molecular flexibility index (Phi) is 3.01. The molecule has 0 amide bonds. The van der Waals surface area contributed by atoms with Crippen molar-refractivity contribution in [2.45, 2.75) is 13.5 Å². The highest BCUT2D eigenvalue weighted by molar-refractivity contribution is 5.91. The fraction of sp³-hybridized carbons (Fsp3) is 0.167. The minimum absolute atomic E-state index is 0.110. The first-order valence-corrected chi connectivity index (χ1v) is 5.30. The highest BCUT2D eigenvalue weighted by Crippen LogP contribution is 2.18. The largest absolute Gasteiger partial charge is 0.476 e. The van der Waals surface area contributed by atoms with Crippen molar-refractivity contribution in [2.24, 2.45) is 0 Å². The Morgan fingerprint density at radius 2 is 2.17 bits per heavy atom. The van der Waals surface area contributed by atoms with Gasteiger partial charge in [-0.1, -0.05) is 18.2 Å². The summed E-state index contributed by atoms with van der Waals surface area (Å²) in [4.78, 5) is 10.9. The summed E-state index contributed by atoms with van der Waals surface area (Å²) in [6, 6.07) is 6.26. The van der Waals surface area contributed by atoms with Gasteiger partial charge in [0.05, 0.1) is 17.9 Å². The van der Waals surface area contributed by atoms with Crippen molar-refractivity contribution < 1.29 is 14.3 Å². The van der Waals surface area contributed by atoms with Gasteiger partial charge in [-0.25, -0.2) is 9.18 Å². The minimum Gasteiger partial charge on any atom is -0.476 e. The summed E-state index contributed by atoms with van der Waals surface area (Å²) < 4.78 is 14.9. The van der Waals surface area contributed by atoms with E-state index < -0.39 is 5.97 Å². The molecule has 5 nitrogen and oxygen atoms in total. The van der Waals surface area contributed by atoms with E-state index in [4.69, 9.17) is 10.8 Å². The number of anilines is 1. The first-order valence-electron chi connectivity index (χ1n) is 5.30. The van der Waals surface area contributed by atoms with Crippen molar-refractivity contribution in [1.82, 2.24) is 9.78 Å². The monoisotopic (exact) mass is 249 g/mol. The molecule has 0 saturated heterocycles. The molecule has 1 heterocycles. The quantitative estimate of drug-likeness (QED) is 0.866. The van der Waals surface area contributed by atoms with E-state index in [0.717, 1.165) is 0 Å². The molecular weight excluding hydrogens is 237 g/mol. The predicted octanol–water partition coefficient (Wildman–Crippen LogP) is 1.66. The molecule has 94 valence electrons. The summed E-state index contributed by atoms with van der Waals surface area (Å²) in [6.07, 6.45) is 0. The zero-order chi connectivity index (χ0) is 13.3. The molecular formula is C12H12FN3O2. The van der Waals surface area contributed by atoms with Crippen LogP contribution >= 0.6 is 0 Å². The average molecular weight is 249 g/mol. The second kappa shape index (κ2) is 4.48. The van der Waals surface area contributed by atoms with Crippen molar-refractivity contribution in [3.63, 3.8) is 0 Å². The number of benzene rings is 1. The first-order chi connectivity index (χ1) is 8.50. The highest BCUT2D eigenvalue weighted by Gasteiger charge is 2.18. The molecule has 2 rings (SSSR count). The van der Waals surface area contributed by atoms with Crippen LogP contribution in [0, 0.1) is 12.7 Å². The van der Waals surface area contributed by atoms with Crippen molar-refractivity contribution in [3.05, 3.63) is 47.0 Å². The lowest BCUT2D eigenvalue weighted by molar-refractivity contribution is 0.0690. The van der Waals surface area contributed by atoms with Crippen LogP contribution in [0.2, 0.25) is 0 Å². The number of nitrogen functional groups attached to an aromatic ring is 1. The Labute approximate surface area is 103 Å². The Bertz CT molecular complexity index is 607. The Hall–Kier alpha value is -2.37. The summed E-state index contributed by atoms with van der Waals surface area (Å²) in [5, 5.41) is 12.8. The fourth-order valence-electron chi connectivity index (χ4n) is 1.66. The zero-order valence-corrected chi connectivity index (χ0v) is 9.72. The van der Waals surface area contributed by atoms with Crippen LogP contribution in [0.15, 0.2) is 24.3 Å². The molecule has 0 fully saturated rings. The normalized spacial score (nSPS) is 10.6. The molecule has 18 heavy (non-hydrogen) atoms. The van der Waals surface area contributed by atoms with Gasteiger partial charge in [0, 0.05) is 5.56 Å². The first kappa shape index (κ1) is 12.1. The van der Waals surface area contributed by atoms with Gasteiger partial charge in [-0.05, 0) is 13.0 Å². The third-order valence-corrected chi connectivity index (χ3v) is 2.73. The SMILES string of the molecule is Cc1c(N)c(C(=O)O)nn1Cc1ccccc1F. The van der Waals surface area contributed by atoms with Gasteiger partial charge in [0.25, 0.3) is 0 Å². The van der Waals surface area contributed by atoms with Crippen LogP contribution in [-0.2, 0) is 6.54 Å². The van der Waals surface area contributed by atoms with Gasteiger partial charge in [0.15, 0.2) is 5.69 Å². The maximum Gasteiger partial charge on any atom is 0.358 e. The zero-order valence-electron chi connectivity index (χ0n) is 9.72. The van der Waals surface area contributed by atoms with Gasteiger partial charge in [-0.3, -0.25) is 4.68 Å². The molecule has 0 saturated carbocycles. The molecule has 6 heteroatoms. The minimum atomic E-state index is -1.19. The lowest BCUT2D eigenvalue weighted by atomic mass is 10.2. The molecule has 0 unspecified atom stereocenters. The summed E-state index contributed by atoms with van der Waals surface area (Å²) in [5.74, 6) is -1.55. The van der Waals surface area contributed by atoms with E-state index in [1.807, 2.05) is 0 Å². The van der Waals surface area contributed by atoms with Gasteiger partial charge < -0.3 is 10.8 Å². The van der Waals surface area contributed by atoms with Crippen molar-refractivity contribution in [3.8, 4) is 0 Å². The van der Waals surface area contributed by atoms with E-state index in [2.05, 4.69) is 5.10 Å². The van der Waals surface area contributed by atoms with Crippen LogP contribution in [0.3, 0.4) is 0 Å². The summed E-state index contributed by atoms with van der Waals surface area (Å²) in [5.41, 5.74) is 6.48. The maximum atomic E-state index is 13.5. The van der Waals surface area contributed by atoms with E-state index in [0.29, 0.717) is 11.3 Å². The Morgan fingerprint density at radius 1 is 1.50 bits per heavy atom. The number of aromatic nitrogens is 2. The van der Waals surface area contributed by atoms with Crippen molar-refractivity contribution in [2.75, 3.05) is 5.73 Å². The number of halogens is 1. The maximum absolute atomic E-state index is 13.5. The summed E-state index contributed by atoms with van der Waals surface area (Å²) >= 11 is 0. The van der Waals surface area contributed by atoms with Crippen LogP contribution in [-0.4, -0.2) is 20.9 Å². The van der Waals surface area contributed by atoms with Crippen LogP contribution in [0.4, 0.5) is 10.1 Å². The van der Waals surface area contributed by atoms with Crippen molar-refractivity contribution >= 4 is 11.7 Å². The van der Waals surface area contributed by atoms with Crippen molar-refractivity contribution in [1.29, 1.82) is 0 Å². The second-order valence-electron chi connectivity index (χ2n) is 3.90. The number of carboxylic acids is 1. The fourth-order valence-corrected chi connectivity index (χ4v) is 1.66.